The molecule has 1 saturated heterocycles. The minimum atomic E-state index is -1.11. The molecule has 0 aromatic rings. The summed E-state index contributed by atoms with van der Waals surface area (Å²) in [4.78, 5) is 24.1. The zero-order valence-corrected chi connectivity index (χ0v) is 10.4. The summed E-state index contributed by atoms with van der Waals surface area (Å²) < 4.78 is 4.86. The van der Waals surface area contributed by atoms with E-state index in [0.717, 1.165) is 4.90 Å². The van der Waals surface area contributed by atoms with Crippen molar-refractivity contribution in [1.82, 2.24) is 4.90 Å². The molecule has 7 heteroatoms. The van der Waals surface area contributed by atoms with Crippen molar-refractivity contribution in [1.29, 1.82) is 0 Å². The summed E-state index contributed by atoms with van der Waals surface area (Å²) in [7, 11) is 1.56. The van der Waals surface area contributed by atoms with Gasteiger partial charge in [0, 0.05) is 26.7 Å². The summed E-state index contributed by atoms with van der Waals surface area (Å²) in [6.07, 6.45) is 0.343. The first-order chi connectivity index (χ1) is 8.47. The Bertz CT molecular complexity index is 310. The Morgan fingerprint density at radius 1 is 1.56 bits per heavy atom. The number of carboxylic acids is 1. The lowest BCUT2D eigenvalue weighted by Crippen LogP contribution is -2.48. The third-order valence-corrected chi connectivity index (χ3v) is 3.03. The van der Waals surface area contributed by atoms with Gasteiger partial charge in [-0.15, -0.1) is 0 Å². The van der Waals surface area contributed by atoms with Crippen LogP contribution in [0, 0.1) is 0 Å². The molecule has 1 unspecified atom stereocenters. The van der Waals surface area contributed by atoms with E-state index in [-0.39, 0.29) is 13.0 Å². The van der Waals surface area contributed by atoms with E-state index in [2.05, 4.69) is 0 Å². The molecule has 0 radical (unpaired) electrons. The van der Waals surface area contributed by atoms with Crippen LogP contribution >= 0.6 is 0 Å². The maximum absolute atomic E-state index is 12.0. The molecule has 1 fully saturated rings. The quantitative estimate of drug-likeness (QED) is 0.516. The SMILES string of the molecule is COCCCC(N)C(=O)N1C[C@H](O)C[C@H]1C(=O)O. The van der Waals surface area contributed by atoms with E-state index in [1.54, 1.807) is 7.11 Å². The van der Waals surface area contributed by atoms with Gasteiger partial charge in [0.1, 0.15) is 6.04 Å². The number of amides is 1. The average Bonchev–Trinajstić information content (AvgIpc) is 2.70. The third kappa shape index (κ3) is 3.66. The van der Waals surface area contributed by atoms with E-state index in [4.69, 9.17) is 15.6 Å². The minimum absolute atomic E-state index is 0.0355. The number of aliphatic carboxylic acids is 1. The number of carbonyl (C=O) groups excluding carboxylic acids is 1. The van der Waals surface area contributed by atoms with Gasteiger partial charge in [0.15, 0.2) is 0 Å². The largest absolute Gasteiger partial charge is 0.480 e. The smallest absolute Gasteiger partial charge is 0.326 e. The first-order valence-electron chi connectivity index (χ1n) is 5.93. The fourth-order valence-corrected chi connectivity index (χ4v) is 2.08. The number of ether oxygens (including phenoxy) is 1. The Morgan fingerprint density at radius 3 is 2.78 bits per heavy atom. The second-order valence-corrected chi connectivity index (χ2v) is 4.48. The van der Waals surface area contributed by atoms with Crippen molar-refractivity contribution in [2.75, 3.05) is 20.3 Å². The van der Waals surface area contributed by atoms with Crippen molar-refractivity contribution in [2.45, 2.75) is 37.5 Å². The van der Waals surface area contributed by atoms with Crippen molar-refractivity contribution in [3.63, 3.8) is 0 Å². The average molecular weight is 260 g/mol. The molecule has 18 heavy (non-hydrogen) atoms. The lowest BCUT2D eigenvalue weighted by atomic mass is 10.1. The molecule has 1 aliphatic rings. The van der Waals surface area contributed by atoms with Crippen LogP contribution in [-0.4, -0.2) is 65.4 Å². The summed E-state index contributed by atoms with van der Waals surface area (Å²) in [6, 6.07) is -1.71. The van der Waals surface area contributed by atoms with Crippen LogP contribution in [0.25, 0.3) is 0 Å². The predicted molar refractivity (Wildman–Crippen MR) is 62.8 cm³/mol. The molecular formula is C11H20N2O5. The van der Waals surface area contributed by atoms with Crippen LogP contribution in [0.3, 0.4) is 0 Å². The van der Waals surface area contributed by atoms with E-state index in [1.807, 2.05) is 0 Å². The van der Waals surface area contributed by atoms with Gasteiger partial charge in [0.05, 0.1) is 12.1 Å². The number of nitrogens with two attached hydrogens (primary N) is 1. The van der Waals surface area contributed by atoms with Gasteiger partial charge in [-0.25, -0.2) is 4.79 Å². The van der Waals surface area contributed by atoms with E-state index in [9.17, 15) is 14.7 Å². The van der Waals surface area contributed by atoms with Gasteiger partial charge in [0.2, 0.25) is 5.91 Å². The summed E-state index contributed by atoms with van der Waals surface area (Å²) >= 11 is 0. The Kier molecular flexibility index (Phi) is 5.52. The highest BCUT2D eigenvalue weighted by Gasteiger charge is 2.40. The number of hydrogen-bond donors (Lipinski definition) is 3. The van der Waals surface area contributed by atoms with Crippen molar-refractivity contribution >= 4 is 11.9 Å². The molecule has 1 amide bonds. The Balaban J connectivity index is 2.56. The summed E-state index contributed by atoms with van der Waals surface area (Å²) in [5.41, 5.74) is 5.72. The molecule has 0 aromatic heterocycles. The van der Waals surface area contributed by atoms with E-state index < -0.39 is 30.1 Å². The number of methoxy groups -OCH3 is 1. The normalized spacial score (nSPS) is 25.2. The lowest BCUT2D eigenvalue weighted by molar-refractivity contribution is -0.148. The van der Waals surface area contributed by atoms with Gasteiger partial charge in [-0.2, -0.15) is 0 Å². The topological polar surface area (TPSA) is 113 Å². The highest BCUT2D eigenvalue weighted by molar-refractivity contribution is 5.87. The van der Waals surface area contributed by atoms with E-state index >= 15 is 0 Å². The van der Waals surface area contributed by atoms with Gasteiger partial charge in [0.25, 0.3) is 0 Å². The lowest BCUT2D eigenvalue weighted by Gasteiger charge is -2.24. The maximum Gasteiger partial charge on any atom is 0.326 e. The van der Waals surface area contributed by atoms with Crippen LogP contribution in [0.1, 0.15) is 19.3 Å². The molecule has 4 N–H and O–H groups in total. The van der Waals surface area contributed by atoms with Crippen LogP contribution in [0.5, 0.6) is 0 Å². The first kappa shape index (κ1) is 14.9. The second-order valence-electron chi connectivity index (χ2n) is 4.48. The Morgan fingerprint density at radius 2 is 2.22 bits per heavy atom. The van der Waals surface area contributed by atoms with Crippen molar-refractivity contribution < 1.29 is 24.5 Å². The molecule has 104 valence electrons. The van der Waals surface area contributed by atoms with Gasteiger partial charge in [-0.3, -0.25) is 4.79 Å². The maximum atomic E-state index is 12.0. The molecule has 1 rings (SSSR count). The number of rotatable bonds is 6. The van der Waals surface area contributed by atoms with Crippen LogP contribution in [-0.2, 0) is 14.3 Å². The predicted octanol–water partition coefficient (Wildman–Crippen LogP) is -1.21. The first-order valence-corrected chi connectivity index (χ1v) is 5.93. The Labute approximate surface area is 106 Å². The van der Waals surface area contributed by atoms with Crippen molar-refractivity contribution in [3.05, 3.63) is 0 Å². The standard InChI is InChI=1S/C11H20N2O5/c1-18-4-2-3-8(12)10(15)13-6-7(14)5-9(13)11(16)17/h7-9,14H,2-6,12H2,1H3,(H,16,17)/t7-,8?,9+/m1/s1. The number of aliphatic hydroxyl groups is 1. The number of nitrogens with zero attached hydrogens (tertiary/aromatic N) is 1. The van der Waals surface area contributed by atoms with Crippen LogP contribution < -0.4 is 5.73 Å². The Hall–Kier alpha value is -1.18. The number of likely N-dealkylation sites (tertiary alicyclic amines) is 1. The molecule has 0 bridgehead atoms. The fraction of sp³-hybridized carbons (Fsp3) is 0.818. The van der Waals surface area contributed by atoms with Crippen LogP contribution in [0.2, 0.25) is 0 Å². The molecule has 1 heterocycles. The monoisotopic (exact) mass is 260 g/mol. The van der Waals surface area contributed by atoms with E-state index in [1.165, 1.54) is 0 Å². The zero-order valence-electron chi connectivity index (χ0n) is 10.4. The number of carbonyl (C=O) groups is 2. The van der Waals surface area contributed by atoms with Gasteiger partial charge >= 0.3 is 5.97 Å². The fourth-order valence-electron chi connectivity index (χ4n) is 2.08. The minimum Gasteiger partial charge on any atom is -0.480 e. The summed E-state index contributed by atoms with van der Waals surface area (Å²) in [5.74, 6) is -1.53. The second kappa shape index (κ2) is 6.67. The van der Waals surface area contributed by atoms with Crippen LogP contribution in [0.4, 0.5) is 0 Å². The molecule has 0 saturated carbocycles. The number of aliphatic hydroxyl groups excluding tert-OH is 1. The van der Waals surface area contributed by atoms with Gasteiger partial charge in [-0.1, -0.05) is 0 Å². The molecular weight excluding hydrogens is 240 g/mol. The van der Waals surface area contributed by atoms with Crippen molar-refractivity contribution in [2.24, 2.45) is 5.73 Å². The number of β-amino-alcohol motifs (C(OH)–C–C–N with tert-alkyl or cyclic N) is 1. The van der Waals surface area contributed by atoms with Crippen molar-refractivity contribution in [3.8, 4) is 0 Å². The summed E-state index contributed by atoms with van der Waals surface area (Å²) in [5, 5.41) is 18.4. The van der Waals surface area contributed by atoms with Crippen LogP contribution in [0.15, 0.2) is 0 Å². The molecule has 1 aliphatic heterocycles. The molecule has 3 atom stereocenters. The molecule has 0 aromatic carbocycles. The third-order valence-electron chi connectivity index (χ3n) is 3.03. The van der Waals surface area contributed by atoms with Gasteiger partial charge < -0.3 is 25.6 Å². The zero-order chi connectivity index (χ0) is 13.7. The number of hydrogen-bond acceptors (Lipinski definition) is 5. The molecule has 0 aliphatic carbocycles. The molecule has 7 nitrogen and oxygen atoms in total. The highest BCUT2D eigenvalue weighted by atomic mass is 16.5. The molecule has 0 spiro atoms. The summed E-state index contributed by atoms with van der Waals surface area (Å²) in [6.45, 7) is 0.541. The number of carboxylic acid groups (broad SMARTS) is 1. The highest BCUT2D eigenvalue weighted by Crippen LogP contribution is 2.19. The van der Waals surface area contributed by atoms with E-state index in [0.29, 0.717) is 19.4 Å². The van der Waals surface area contributed by atoms with Gasteiger partial charge in [-0.05, 0) is 12.8 Å².